The van der Waals surface area contributed by atoms with E-state index in [1.165, 1.54) is 4.88 Å². The third-order valence-electron chi connectivity index (χ3n) is 3.14. The van der Waals surface area contributed by atoms with Gasteiger partial charge in [0.1, 0.15) is 0 Å². The first-order valence-corrected chi connectivity index (χ1v) is 8.29. The first-order valence-electron chi connectivity index (χ1n) is 7.41. The Morgan fingerprint density at radius 3 is 2.81 bits per heavy atom. The van der Waals surface area contributed by atoms with Crippen LogP contribution >= 0.6 is 11.3 Å². The van der Waals surface area contributed by atoms with E-state index in [9.17, 15) is 0 Å². The van der Waals surface area contributed by atoms with Crippen molar-refractivity contribution in [1.82, 2.24) is 15.5 Å². The third-order valence-corrected chi connectivity index (χ3v) is 4.12. The summed E-state index contributed by atoms with van der Waals surface area (Å²) >= 11 is 1.79. The summed E-state index contributed by atoms with van der Waals surface area (Å²) in [6.07, 6.45) is 0.983. The van der Waals surface area contributed by atoms with Crippen LogP contribution in [0, 0.1) is 0 Å². The van der Waals surface area contributed by atoms with E-state index in [-0.39, 0.29) is 0 Å². The summed E-state index contributed by atoms with van der Waals surface area (Å²) in [4.78, 5) is 7.84. The summed E-state index contributed by atoms with van der Waals surface area (Å²) in [6.45, 7) is 5.28. The standard InChI is InChI=1S/C15H28N4OS/c1-5-20-10-7-9-17-15(16-2)18-12-13(19(3)4)14-8-6-11-21-14/h6,8,11,13H,5,7,9-10,12H2,1-4H3,(H2,16,17,18). The highest BCUT2D eigenvalue weighted by Gasteiger charge is 2.15. The molecule has 0 amide bonds. The van der Waals surface area contributed by atoms with Gasteiger partial charge in [0.25, 0.3) is 0 Å². The van der Waals surface area contributed by atoms with Crippen LogP contribution in [0.4, 0.5) is 0 Å². The highest BCUT2D eigenvalue weighted by atomic mass is 32.1. The molecule has 1 aromatic heterocycles. The molecule has 21 heavy (non-hydrogen) atoms. The van der Waals surface area contributed by atoms with Crippen LogP contribution in [0.1, 0.15) is 24.3 Å². The molecule has 1 rings (SSSR count). The van der Waals surface area contributed by atoms with Gasteiger partial charge in [-0.2, -0.15) is 0 Å². The lowest BCUT2D eigenvalue weighted by Crippen LogP contribution is -2.42. The van der Waals surface area contributed by atoms with Crippen LogP contribution in [-0.2, 0) is 4.74 Å². The molecule has 1 atom stereocenters. The Hall–Kier alpha value is -1.11. The molecule has 0 saturated heterocycles. The van der Waals surface area contributed by atoms with Gasteiger partial charge in [0.15, 0.2) is 5.96 Å². The number of ether oxygens (including phenoxy) is 1. The normalized spacial score (nSPS) is 13.5. The fraction of sp³-hybridized carbons (Fsp3) is 0.667. The molecule has 2 N–H and O–H groups in total. The molecule has 0 aliphatic heterocycles. The summed E-state index contributed by atoms with van der Waals surface area (Å²) in [6, 6.07) is 4.62. The molecule has 0 radical (unpaired) electrons. The summed E-state index contributed by atoms with van der Waals surface area (Å²) in [5, 5.41) is 8.82. The van der Waals surface area contributed by atoms with E-state index in [0.717, 1.165) is 38.7 Å². The molecule has 1 heterocycles. The van der Waals surface area contributed by atoms with Crippen LogP contribution in [0.25, 0.3) is 0 Å². The van der Waals surface area contributed by atoms with Crippen molar-refractivity contribution < 1.29 is 4.74 Å². The third kappa shape index (κ3) is 6.93. The number of thiophene rings is 1. The Labute approximate surface area is 132 Å². The van der Waals surface area contributed by atoms with Crippen molar-refractivity contribution in [3.05, 3.63) is 22.4 Å². The molecule has 0 fully saturated rings. The first-order chi connectivity index (χ1) is 10.2. The molecular weight excluding hydrogens is 284 g/mol. The fourth-order valence-corrected chi connectivity index (χ4v) is 2.88. The summed E-state index contributed by atoms with van der Waals surface area (Å²) in [5.41, 5.74) is 0. The Balaban J connectivity index is 2.35. The number of likely N-dealkylation sites (N-methyl/N-ethyl adjacent to an activating group) is 1. The van der Waals surface area contributed by atoms with Gasteiger partial charge >= 0.3 is 0 Å². The van der Waals surface area contributed by atoms with E-state index in [1.807, 2.05) is 6.92 Å². The maximum atomic E-state index is 5.32. The molecule has 1 unspecified atom stereocenters. The maximum Gasteiger partial charge on any atom is 0.191 e. The number of aliphatic imine (C=N–C) groups is 1. The molecule has 0 spiro atoms. The predicted octanol–water partition coefficient (Wildman–Crippen LogP) is 1.94. The second-order valence-corrected chi connectivity index (χ2v) is 5.90. The van der Waals surface area contributed by atoms with E-state index in [4.69, 9.17) is 4.74 Å². The molecule has 0 saturated carbocycles. The summed E-state index contributed by atoms with van der Waals surface area (Å²) in [7, 11) is 6.00. The molecule has 6 heteroatoms. The molecule has 0 aromatic carbocycles. The first kappa shape index (κ1) is 17.9. The van der Waals surface area contributed by atoms with E-state index >= 15 is 0 Å². The zero-order valence-corrected chi connectivity index (χ0v) is 14.4. The zero-order chi connectivity index (χ0) is 15.5. The lowest BCUT2D eigenvalue weighted by molar-refractivity contribution is 0.145. The summed E-state index contributed by atoms with van der Waals surface area (Å²) in [5.74, 6) is 0.843. The number of guanidine groups is 1. The van der Waals surface area contributed by atoms with Gasteiger partial charge in [0.2, 0.25) is 0 Å². The number of nitrogens with zero attached hydrogens (tertiary/aromatic N) is 2. The van der Waals surface area contributed by atoms with Crippen LogP contribution in [0.5, 0.6) is 0 Å². The van der Waals surface area contributed by atoms with Gasteiger partial charge in [-0.15, -0.1) is 11.3 Å². The lowest BCUT2D eigenvalue weighted by atomic mass is 10.2. The molecule has 1 aromatic rings. The molecule has 0 aliphatic rings. The van der Waals surface area contributed by atoms with Gasteiger partial charge in [0.05, 0.1) is 6.04 Å². The van der Waals surface area contributed by atoms with Gasteiger partial charge < -0.3 is 20.3 Å². The van der Waals surface area contributed by atoms with Crippen molar-refractivity contribution in [3.8, 4) is 0 Å². The van der Waals surface area contributed by atoms with Gasteiger partial charge in [-0.3, -0.25) is 4.99 Å². The van der Waals surface area contributed by atoms with E-state index < -0.39 is 0 Å². The fourth-order valence-electron chi connectivity index (χ4n) is 1.96. The Morgan fingerprint density at radius 1 is 1.43 bits per heavy atom. The van der Waals surface area contributed by atoms with Gasteiger partial charge in [-0.25, -0.2) is 0 Å². The van der Waals surface area contributed by atoms with Crippen LogP contribution in [-0.4, -0.2) is 58.3 Å². The Morgan fingerprint density at radius 2 is 2.24 bits per heavy atom. The van der Waals surface area contributed by atoms with Crippen molar-refractivity contribution in [2.45, 2.75) is 19.4 Å². The smallest absolute Gasteiger partial charge is 0.191 e. The Bertz CT molecular complexity index is 392. The van der Waals surface area contributed by atoms with Crippen LogP contribution in [0.3, 0.4) is 0 Å². The van der Waals surface area contributed by atoms with Gasteiger partial charge in [0, 0.05) is 38.2 Å². The quantitative estimate of drug-likeness (QED) is 0.416. The van der Waals surface area contributed by atoms with Crippen molar-refractivity contribution in [2.75, 3.05) is 47.4 Å². The topological polar surface area (TPSA) is 48.9 Å². The van der Waals surface area contributed by atoms with E-state index in [1.54, 1.807) is 18.4 Å². The van der Waals surface area contributed by atoms with Gasteiger partial charge in [-0.1, -0.05) is 6.07 Å². The van der Waals surface area contributed by atoms with Crippen LogP contribution in [0.2, 0.25) is 0 Å². The van der Waals surface area contributed by atoms with Crippen molar-refractivity contribution in [3.63, 3.8) is 0 Å². The number of rotatable bonds is 9. The minimum absolute atomic E-state index is 0.354. The maximum absolute atomic E-state index is 5.32. The SMILES string of the molecule is CCOCCCNC(=NC)NCC(c1cccs1)N(C)C. The number of hydrogen-bond acceptors (Lipinski definition) is 4. The van der Waals surface area contributed by atoms with Crippen molar-refractivity contribution >= 4 is 17.3 Å². The second-order valence-electron chi connectivity index (χ2n) is 4.93. The minimum Gasteiger partial charge on any atom is -0.382 e. The lowest BCUT2D eigenvalue weighted by Gasteiger charge is -2.24. The monoisotopic (exact) mass is 312 g/mol. The average molecular weight is 312 g/mol. The average Bonchev–Trinajstić information content (AvgIpc) is 2.98. The minimum atomic E-state index is 0.354. The zero-order valence-electron chi connectivity index (χ0n) is 13.6. The highest BCUT2D eigenvalue weighted by molar-refractivity contribution is 7.10. The van der Waals surface area contributed by atoms with Crippen molar-refractivity contribution in [2.24, 2.45) is 4.99 Å². The van der Waals surface area contributed by atoms with Crippen LogP contribution in [0.15, 0.2) is 22.5 Å². The van der Waals surface area contributed by atoms with E-state index in [0.29, 0.717) is 6.04 Å². The highest BCUT2D eigenvalue weighted by Crippen LogP contribution is 2.22. The molecule has 5 nitrogen and oxygen atoms in total. The largest absolute Gasteiger partial charge is 0.382 e. The Kier molecular flexibility index (Phi) is 9.05. The predicted molar refractivity (Wildman–Crippen MR) is 91.2 cm³/mol. The van der Waals surface area contributed by atoms with Crippen molar-refractivity contribution in [1.29, 1.82) is 0 Å². The molecular formula is C15H28N4OS. The number of hydrogen-bond donors (Lipinski definition) is 2. The van der Waals surface area contributed by atoms with Crippen LogP contribution < -0.4 is 10.6 Å². The van der Waals surface area contributed by atoms with E-state index in [2.05, 4.69) is 52.1 Å². The number of nitrogens with one attached hydrogen (secondary N) is 2. The molecule has 0 aliphatic carbocycles. The van der Waals surface area contributed by atoms with Gasteiger partial charge in [-0.05, 0) is 38.9 Å². The second kappa shape index (κ2) is 10.6. The molecule has 120 valence electrons. The molecule has 0 bridgehead atoms. The summed E-state index contributed by atoms with van der Waals surface area (Å²) < 4.78 is 5.32.